The van der Waals surface area contributed by atoms with Gasteiger partial charge in [-0.15, -0.1) is 11.8 Å². The van der Waals surface area contributed by atoms with E-state index in [0.717, 1.165) is 10.5 Å². The summed E-state index contributed by atoms with van der Waals surface area (Å²) >= 11 is 13.5. The third-order valence-electron chi connectivity index (χ3n) is 5.62. The topological polar surface area (TPSA) is 87.3 Å². The molecule has 0 saturated carbocycles. The van der Waals surface area contributed by atoms with Crippen molar-refractivity contribution in [3.05, 3.63) is 129 Å². The van der Waals surface area contributed by atoms with Gasteiger partial charge in [-0.3, -0.25) is 14.4 Å². The van der Waals surface area contributed by atoms with Crippen LogP contribution in [0.1, 0.15) is 21.5 Å². The fourth-order valence-electron chi connectivity index (χ4n) is 3.63. The minimum Gasteiger partial charge on any atom is -0.325 e. The Morgan fingerprint density at radius 3 is 2.33 bits per heavy atom. The summed E-state index contributed by atoms with van der Waals surface area (Å²) in [5, 5.41) is 9.45. The molecule has 3 amide bonds. The molecular formula is C31H25Cl2N3O3S. The van der Waals surface area contributed by atoms with E-state index in [1.54, 1.807) is 91.0 Å². The maximum atomic E-state index is 13.3. The number of halogens is 2. The lowest BCUT2D eigenvalue weighted by Crippen LogP contribution is -2.30. The number of rotatable bonds is 9. The highest BCUT2D eigenvalue weighted by Gasteiger charge is 2.16. The summed E-state index contributed by atoms with van der Waals surface area (Å²) in [7, 11) is 0. The first-order valence-electron chi connectivity index (χ1n) is 12.2. The van der Waals surface area contributed by atoms with Crippen LogP contribution in [0.5, 0.6) is 0 Å². The zero-order valence-corrected chi connectivity index (χ0v) is 23.7. The number of hydrogen-bond donors (Lipinski definition) is 3. The van der Waals surface area contributed by atoms with E-state index in [1.807, 2.05) is 19.1 Å². The lowest BCUT2D eigenvalue weighted by atomic mass is 10.1. The molecule has 9 heteroatoms. The molecule has 40 heavy (non-hydrogen) atoms. The predicted octanol–water partition coefficient (Wildman–Crippen LogP) is 7.44. The summed E-state index contributed by atoms with van der Waals surface area (Å²) in [4.78, 5) is 39.4. The molecular weight excluding hydrogens is 565 g/mol. The van der Waals surface area contributed by atoms with E-state index >= 15 is 0 Å². The second-order valence-corrected chi connectivity index (χ2v) is 10.6. The molecule has 4 aromatic carbocycles. The van der Waals surface area contributed by atoms with Gasteiger partial charge in [-0.25, -0.2) is 0 Å². The number of benzene rings is 4. The first-order chi connectivity index (χ1) is 19.3. The van der Waals surface area contributed by atoms with Crippen molar-refractivity contribution in [3.63, 3.8) is 0 Å². The lowest BCUT2D eigenvalue weighted by Gasteiger charge is -2.12. The molecule has 0 radical (unpaired) electrons. The third kappa shape index (κ3) is 8.48. The van der Waals surface area contributed by atoms with E-state index in [1.165, 1.54) is 11.8 Å². The second kappa shape index (κ2) is 13.8. The Morgan fingerprint density at radius 2 is 1.55 bits per heavy atom. The summed E-state index contributed by atoms with van der Waals surface area (Å²) in [6.45, 7) is 1.89. The molecule has 3 N–H and O–H groups in total. The van der Waals surface area contributed by atoms with Crippen LogP contribution in [0.3, 0.4) is 0 Å². The first-order valence-corrected chi connectivity index (χ1v) is 13.9. The highest BCUT2D eigenvalue weighted by atomic mass is 35.5. The summed E-state index contributed by atoms with van der Waals surface area (Å²) in [5.74, 6) is -0.953. The van der Waals surface area contributed by atoms with E-state index in [4.69, 9.17) is 23.2 Å². The largest absolute Gasteiger partial charge is 0.325 e. The number of nitrogens with one attached hydrogen (secondary N) is 3. The van der Waals surface area contributed by atoms with Crippen molar-refractivity contribution in [1.82, 2.24) is 5.32 Å². The van der Waals surface area contributed by atoms with Crippen molar-refractivity contribution in [1.29, 1.82) is 0 Å². The minimum atomic E-state index is -0.513. The molecule has 4 aromatic rings. The van der Waals surface area contributed by atoms with Gasteiger partial charge in [0.25, 0.3) is 11.8 Å². The predicted molar refractivity (Wildman–Crippen MR) is 164 cm³/mol. The Kier molecular flexibility index (Phi) is 10.0. The van der Waals surface area contributed by atoms with Crippen LogP contribution in [0, 0.1) is 6.92 Å². The molecule has 0 saturated heterocycles. The smallest absolute Gasteiger partial charge is 0.272 e. The number of hydrogen-bond acceptors (Lipinski definition) is 4. The maximum Gasteiger partial charge on any atom is 0.272 e. The molecule has 0 aliphatic rings. The number of carbonyl (C=O) groups is 3. The second-order valence-electron chi connectivity index (χ2n) is 8.71. The van der Waals surface area contributed by atoms with Gasteiger partial charge in [0, 0.05) is 31.9 Å². The summed E-state index contributed by atoms with van der Waals surface area (Å²) < 4.78 is 0. The van der Waals surface area contributed by atoms with E-state index in [0.29, 0.717) is 32.5 Å². The number of amides is 3. The standard InChI is InChI=1S/C31H25Cl2N3O3S/c1-20-13-14-24(33)17-27(20)35-29(37)19-40-26-12-6-11-25(18-26)34-31(39)28(16-21-7-5-10-23(32)15-21)36-30(38)22-8-3-2-4-9-22/h2-18H,19H2,1H3,(H,34,39)(H,35,37)(H,36,38)/b28-16-. The number of anilines is 2. The van der Waals surface area contributed by atoms with Gasteiger partial charge in [0.15, 0.2) is 0 Å². The minimum absolute atomic E-state index is 0.0467. The Balaban J connectivity index is 1.45. The van der Waals surface area contributed by atoms with Gasteiger partial charge >= 0.3 is 0 Å². The molecule has 0 aliphatic heterocycles. The van der Waals surface area contributed by atoms with E-state index in [-0.39, 0.29) is 17.4 Å². The van der Waals surface area contributed by atoms with Crippen molar-refractivity contribution < 1.29 is 14.4 Å². The van der Waals surface area contributed by atoms with Crippen molar-refractivity contribution in [2.45, 2.75) is 11.8 Å². The monoisotopic (exact) mass is 589 g/mol. The number of aryl methyl sites for hydroxylation is 1. The zero-order valence-electron chi connectivity index (χ0n) is 21.4. The third-order valence-corrected chi connectivity index (χ3v) is 7.09. The van der Waals surface area contributed by atoms with Gasteiger partial charge in [0.05, 0.1) is 5.75 Å². The molecule has 4 rings (SSSR count). The van der Waals surface area contributed by atoms with Gasteiger partial charge in [0.2, 0.25) is 5.91 Å². The normalized spacial score (nSPS) is 11.0. The Hall–Kier alpha value is -4.04. The molecule has 0 fully saturated rings. The van der Waals surface area contributed by atoms with Crippen LogP contribution < -0.4 is 16.0 Å². The highest BCUT2D eigenvalue weighted by molar-refractivity contribution is 8.00. The average Bonchev–Trinajstić information content (AvgIpc) is 2.94. The molecule has 202 valence electrons. The van der Waals surface area contributed by atoms with E-state index < -0.39 is 11.8 Å². The van der Waals surface area contributed by atoms with Crippen LogP contribution in [-0.4, -0.2) is 23.5 Å². The fraction of sp³-hybridized carbons (Fsp3) is 0.0645. The molecule has 0 unspecified atom stereocenters. The van der Waals surface area contributed by atoms with Crippen LogP contribution in [0.4, 0.5) is 11.4 Å². The van der Waals surface area contributed by atoms with Gasteiger partial charge in [-0.1, -0.05) is 65.7 Å². The van der Waals surface area contributed by atoms with Gasteiger partial charge < -0.3 is 16.0 Å². The molecule has 0 spiro atoms. The van der Waals surface area contributed by atoms with E-state index in [9.17, 15) is 14.4 Å². The molecule has 0 aliphatic carbocycles. The van der Waals surface area contributed by atoms with E-state index in [2.05, 4.69) is 16.0 Å². The van der Waals surface area contributed by atoms with Gasteiger partial charge in [-0.2, -0.15) is 0 Å². The van der Waals surface area contributed by atoms with Crippen LogP contribution >= 0.6 is 35.0 Å². The van der Waals surface area contributed by atoms with Crippen LogP contribution in [-0.2, 0) is 9.59 Å². The van der Waals surface area contributed by atoms with Gasteiger partial charge in [0.1, 0.15) is 5.70 Å². The Labute approximate surface area is 246 Å². The average molecular weight is 591 g/mol. The first kappa shape index (κ1) is 29.0. The fourth-order valence-corrected chi connectivity index (χ4v) is 4.76. The van der Waals surface area contributed by atoms with Crippen molar-refractivity contribution >= 4 is 70.1 Å². The Bertz CT molecular complexity index is 1580. The highest BCUT2D eigenvalue weighted by Crippen LogP contribution is 2.24. The molecule has 0 bridgehead atoms. The van der Waals surface area contributed by atoms with Crippen molar-refractivity contribution in [2.75, 3.05) is 16.4 Å². The summed E-state index contributed by atoms with van der Waals surface area (Å²) in [6, 6.07) is 28.0. The SMILES string of the molecule is Cc1ccc(Cl)cc1NC(=O)CSc1cccc(NC(=O)/C(=C/c2cccc(Cl)c2)NC(=O)c2ccccc2)c1. The molecule has 0 aromatic heterocycles. The number of thioether (sulfide) groups is 1. The molecule has 0 heterocycles. The quantitative estimate of drug-likeness (QED) is 0.140. The zero-order chi connectivity index (χ0) is 28.5. The summed E-state index contributed by atoms with van der Waals surface area (Å²) in [6.07, 6.45) is 1.56. The molecule has 0 atom stereocenters. The van der Waals surface area contributed by atoms with Crippen LogP contribution in [0.15, 0.2) is 108 Å². The summed E-state index contributed by atoms with van der Waals surface area (Å²) in [5.41, 5.74) is 3.19. The van der Waals surface area contributed by atoms with Crippen LogP contribution in [0.2, 0.25) is 10.0 Å². The molecule has 6 nitrogen and oxygen atoms in total. The van der Waals surface area contributed by atoms with Crippen molar-refractivity contribution in [3.8, 4) is 0 Å². The van der Waals surface area contributed by atoms with Crippen molar-refractivity contribution in [2.24, 2.45) is 0 Å². The Morgan fingerprint density at radius 1 is 0.800 bits per heavy atom. The van der Waals surface area contributed by atoms with Crippen LogP contribution in [0.25, 0.3) is 6.08 Å². The van der Waals surface area contributed by atoms with Gasteiger partial charge in [-0.05, 0) is 78.7 Å². The lowest BCUT2D eigenvalue weighted by molar-refractivity contribution is -0.114. The maximum absolute atomic E-state index is 13.3. The number of carbonyl (C=O) groups excluding carboxylic acids is 3.